The van der Waals surface area contributed by atoms with Crippen LogP contribution in [0.25, 0.3) is 0 Å². The smallest absolute Gasteiger partial charge is 0.223 e. The molecule has 1 rings (SSSR count). The van der Waals surface area contributed by atoms with E-state index >= 15 is 0 Å². The van der Waals surface area contributed by atoms with E-state index in [1.165, 1.54) is 6.08 Å². The summed E-state index contributed by atoms with van der Waals surface area (Å²) in [5.41, 5.74) is 0. The van der Waals surface area contributed by atoms with Gasteiger partial charge in [0.15, 0.2) is 5.82 Å². The minimum Gasteiger partial charge on any atom is -0.394 e. The molecule has 1 heterocycles. The fourth-order valence-corrected chi connectivity index (χ4v) is 0.732. The van der Waals surface area contributed by atoms with Crippen LogP contribution in [-0.2, 0) is 0 Å². The molecule has 1 unspecified atom stereocenters. The number of nitrogens with zero attached hydrogens (tertiary/aromatic N) is 2. The van der Waals surface area contributed by atoms with Crippen molar-refractivity contribution in [3.05, 3.63) is 30.9 Å². The van der Waals surface area contributed by atoms with Crippen molar-refractivity contribution in [2.45, 2.75) is 6.04 Å². The van der Waals surface area contributed by atoms with Gasteiger partial charge in [0.1, 0.15) is 0 Å². The molecule has 4 nitrogen and oxygen atoms in total. The fourth-order valence-electron chi connectivity index (χ4n) is 0.732. The minimum absolute atomic E-state index is 0.107. The third-order valence-electron chi connectivity index (χ3n) is 1.42. The first kappa shape index (κ1) is 9.60. The monoisotopic (exact) mass is 183 g/mol. The first-order valence-corrected chi connectivity index (χ1v) is 3.73. The number of hydrogen-bond acceptors (Lipinski definition) is 4. The minimum atomic E-state index is -0.496. The van der Waals surface area contributed by atoms with E-state index in [9.17, 15) is 4.39 Å². The van der Waals surface area contributed by atoms with E-state index in [4.69, 9.17) is 5.11 Å². The lowest BCUT2D eigenvalue weighted by atomic mass is 10.3. The molecule has 0 fully saturated rings. The summed E-state index contributed by atoms with van der Waals surface area (Å²) in [6.45, 7) is 3.39. The molecule has 70 valence electrons. The van der Waals surface area contributed by atoms with Crippen LogP contribution < -0.4 is 5.32 Å². The molecule has 0 saturated heterocycles. The van der Waals surface area contributed by atoms with Gasteiger partial charge < -0.3 is 10.4 Å². The topological polar surface area (TPSA) is 58.0 Å². The highest BCUT2D eigenvalue weighted by Gasteiger charge is 2.03. The Bertz CT molecular complexity index is 275. The zero-order chi connectivity index (χ0) is 9.68. The number of aliphatic hydroxyl groups is 1. The van der Waals surface area contributed by atoms with Gasteiger partial charge in [-0.3, -0.25) is 0 Å². The molecule has 0 bridgehead atoms. The van der Waals surface area contributed by atoms with Crippen LogP contribution >= 0.6 is 0 Å². The second-order valence-corrected chi connectivity index (χ2v) is 2.39. The summed E-state index contributed by atoms with van der Waals surface area (Å²) in [5, 5.41) is 11.5. The molecule has 0 aliphatic heterocycles. The first-order chi connectivity index (χ1) is 6.26. The van der Waals surface area contributed by atoms with Crippen molar-refractivity contribution >= 4 is 5.95 Å². The van der Waals surface area contributed by atoms with Crippen molar-refractivity contribution in [3.63, 3.8) is 0 Å². The summed E-state index contributed by atoms with van der Waals surface area (Å²) < 4.78 is 12.4. The Morgan fingerprint density at radius 2 is 2.23 bits per heavy atom. The Morgan fingerprint density at radius 1 is 1.62 bits per heavy atom. The molecule has 0 aromatic carbocycles. The summed E-state index contributed by atoms with van der Waals surface area (Å²) in [4.78, 5) is 7.32. The van der Waals surface area contributed by atoms with E-state index < -0.39 is 5.82 Å². The Labute approximate surface area is 75.2 Å². The predicted molar refractivity (Wildman–Crippen MR) is 46.7 cm³/mol. The maximum absolute atomic E-state index is 12.4. The Hall–Kier alpha value is -1.49. The molecule has 0 aliphatic carbocycles. The summed E-state index contributed by atoms with van der Waals surface area (Å²) in [5.74, 6) is -0.231. The molecule has 13 heavy (non-hydrogen) atoms. The number of halogens is 1. The van der Waals surface area contributed by atoms with Crippen molar-refractivity contribution < 1.29 is 9.50 Å². The van der Waals surface area contributed by atoms with Crippen LogP contribution in [0.5, 0.6) is 0 Å². The van der Waals surface area contributed by atoms with E-state index in [1.54, 1.807) is 0 Å². The van der Waals surface area contributed by atoms with Gasteiger partial charge in [-0.05, 0) is 0 Å². The Kier molecular flexibility index (Phi) is 3.33. The second-order valence-electron chi connectivity index (χ2n) is 2.39. The average Bonchev–Trinajstić information content (AvgIpc) is 2.17. The van der Waals surface area contributed by atoms with Gasteiger partial charge in [0, 0.05) is 0 Å². The number of rotatable bonds is 4. The van der Waals surface area contributed by atoms with Crippen LogP contribution in [0.2, 0.25) is 0 Å². The molecule has 0 spiro atoms. The summed E-state index contributed by atoms with van der Waals surface area (Å²) >= 11 is 0. The molecular weight excluding hydrogens is 173 g/mol. The van der Waals surface area contributed by atoms with E-state index in [0.717, 1.165) is 12.4 Å². The number of aromatic nitrogens is 2. The van der Waals surface area contributed by atoms with Gasteiger partial charge in [-0.1, -0.05) is 6.08 Å². The van der Waals surface area contributed by atoms with Crippen molar-refractivity contribution in [2.24, 2.45) is 0 Å². The van der Waals surface area contributed by atoms with Gasteiger partial charge in [-0.25, -0.2) is 14.4 Å². The predicted octanol–water partition coefficient (Wildman–Crippen LogP) is 0.574. The van der Waals surface area contributed by atoms with Crippen molar-refractivity contribution in [2.75, 3.05) is 11.9 Å². The zero-order valence-electron chi connectivity index (χ0n) is 6.94. The lowest BCUT2D eigenvalue weighted by Gasteiger charge is -2.10. The summed E-state index contributed by atoms with van der Waals surface area (Å²) in [6.07, 6.45) is 3.62. The Balaban J connectivity index is 2.63. The molecule has 5 heteroatoms. The fraction of sp³-hybridized carbons (Fsp3) is 0.250. The number of aliphatic hydroxyl groups excluding tert-OH is 1. The third kappa shape index (κ3) is 2.79. The van der Waals surface area contributed by atoms with Crippen LogP contribution in [-0.4, -0.2) is 27.7 Å². The number of anilines is 1. The van der Waals surface area contributed by atoms with Gasteiger partial charge >= 0.3 is 0 Å². The van der Waals surface area contributed by atoms with Crippen molar-refractivity contribution in [1.82, 2.24) is 9.97 Å². The second kappa shape index (κ2) is 4.51. The zero-order valence-corrected chi connectivity index (χ0v) is 6.94. The van der Waals surface area contributed by atoms with Crippen LogP contribution in [0.3, 0.4) is 0 Å². The maximum atomic E-state index is 12.4. The van der Waals surface area contributed by atoms with Crippen LogP contribution in [0.4, 0.5) is 10.3 Å². The molecule has 1 aromatic heterocycles. The Morgan fingerprint density at radius 3 is 2.69 bits per heavy atom. The quantitative estimate of drug-likeness (QED) is 0.670. The standard InChI is InChI=1S/C8H10FN3O/c1-2-7(5-13)12-8-10-3-6(9)4-11-8/h2-4,7,13H,1,5H2,(H,10,11,12). The average molecular weight is 183 g/mol. The van der Waals surface area contributed by atoms with Gasteiger partial charge in [0.2, 0.25) is 5.95 Å². The lowest BCUT2D eigenvalue weighted by molar-refractivity contribution is 0.290. The molecule has 0 amide bonds. The van der Waals surface area contributed by atoms with Gasteiger partial charge in [0.25, 0.3) is 0 Å². The molecule has 0 radical (unpaired) electrons. The third-order valence-corrected chi connectivity index (χ3v) is 1.42. The molecule has 0 saturated carbocycles. The SMILES string of the molecule is C=CC(CO)Nc1ncc(F)cn1. The van der Waals surface area contributed by atoms with Gasteiger partial charge in [-0.15, -0.1) is 6.58 Å². The van der Waals surface area contributed by atoms with E-state index in [0.29, 0.717) is 0 Å². The highest BCUT2D eigenvalue weighted by atomic mass is 19.1. The molecule has 2 N–H and O–H groups in total. The summed E-state index contributed by atoms with van der Waals surface area (Å²) in [7, 11) is 0. The largest absolute Gasteiger partial charge is 0.394 e. The molecule has 1 atom stereocenters. The van der Waals surface area contributed by atoms with E-state index in [-0.39, 0.29) is 18.6 Å². The highest BCUT2D eigenvalue weighted by molar-refractivity contribution is 5.26. The summed E-state index contributed by atoms with van der Waals surface area (Å²) in [6, 6.07) is -0.314. The van der Waals surface area contributed by atoms with E-state index in [1.807, 2.05) is 0 Å². The van der Waals surface area contributed by atoms with E-state index in [2.05, 4.69) is 21.9 Å². The molecule has 1 aromatic rings. The van der Waals surface area contributed by atoms with Crippen molar-refractivity contribution in [1.29, 1.82) is 0 Å². The first-order valence-electron chi connectivity index (χ1n) is 3.73. The van der Waals surface area contributed by atoms with Crippen LogP contribution in [0.1, 0.15) is 0 Å². The normalized spacial score (nSPS) is 12.2. The van der Waals surface area contributed by atoms with Crippen LogP contribution in [0.15, 0.2) is 25.0 Å². The lowest BCUT2D eigenvalue weighted by Crippen LogP contribution is -2.22. The van der Waals surface area contributed by atoms with Crippen molar-refractivity contribution in [3.8, 4) is 0 Å². The van der Waals surface area contributed by atoms with Gasteiger partial charge in [-0.2, -0.15) is 0 Å². The number of hydrogen-bond donors (Lipinski definition) is 2. The number of nitrogens with one attached hydrogen (secondary N) is 1. The highest BCUT2D eigenvalue weighted by Crippen LogP contribution is 2.00. The molecule has 0 aliphatic rings. The maximum Gasteiger partial charge on any atom is 0.223 e. The molecular formula is C8H10FN3O. The van der Waals surface area contributed by atoms with Crippen LogP contribution in [0, 0.1) is 5.82 Å². The van der Waals surface area contributed by atoms with Gasteiger partial charge in [0.05, 0.1) is 25.0 Å².